The highest BCUT2D eigenvalue weighted by atomic mass is 32.3. The van der Waals surface area contributed by atoms with Gasteiger partial charge in [0.2, 0.25) is 12.2 Å². The molecular weight excluding hydrogens is 518 g/mol. The van der Waals surface area contributed by atoms with Crippen LogP contribution >= 0.6 is 0 Å². The molecule has 0 aromatic heterocycles. The van der Waals surface area contributed by atoms with Crippen molar-refractivity contribution in [3.05, 3.63) is 29.3 Å². The first kappa shape index (κ1) is 27.8. The molecule has 10 atom stereocenters. The average Bonchev–Trinajstić information content (AvgIpc) is 3.16. The molecule has 1 aromatic rings. The molecule has 5 N–H and O–H groups in total. The van der Waals surface area contributed by atoms with Crippen molar-refractivity contribution in [2.45, 2.75) is 95.0 Å². The Hall–Kier alpha value is -1.80. The van der Waals surface area contributed by atoms with Gasteiger partial charge in [-0.15, -0.1) is 0 Å². The van der Waals surface area contributed by atoms with E-state index in [-0.39, 0.29) is 11.5 Å². The number of aliphatic hydroxyl groups excluding tert-OH is 3. The van der Waals surface area contributed by atoms with Crippen LogP contribution in [0, 0.1) is 17.3 Å². The summed E-state index contributed by atoms with van der Waals surface area (Å²) in [4.78, 5) is 11.8. The van der Waals surface area contributed by atoms with E-state index >= 15 is 0 Å². The molecule has 3 fully saturated rings. The molecule has 38 heavy (non-hydrogen) atoms. The van der Waals surface area contributed by atoms with Gasteiger partial charge in [0.15, 0.2) is 0 Å². The van der Waals surface area contributed by atoms with Gasteiger partial charge >= 0.3 is 10.4 Å². The van der Waals surface area contributed by atoms with Crippen LogP contribution in [0.5, 0.6) is 5.75 Å². The fourth-order valence-electron chi connectivity index (χ4n) is 7.55. The Kier molecular flexibility index (Phi) is 7.53. The third kappa shape index (κ3) is 5.07. The Labute approximate surface area is 222 Å². The molecule has 1 aliphatic heterocycles. The van der Waals surface area contributed by atoms with Crippen molar-refractivity contribution in [1.29, 1.82) is 0 Å². The molecule has 0 bridgehead atoms. The first-order valence-electron chi connectivity index (χ1n) is 13.3. The zero-order valence-electron chi connectivity index (χ0n) is 21.5. The van der Waals surface area contributed by atoms with Crippen LogP contribution in [0.1, 0.15) is 63.0 Å². The van der Waals surface area contributed by atoms with Crippen molar-refractivity contribution >= 4 is 16.3 Å². The molecule has 1 saturated heterocycles. The minimum absolute atomic E-state index is 0.000217. The molecule has 1 heterocycles. The largest absolute Gasteiger partial charge is 0.463 e. The minimum Gasteiger partial charge on any atom is -0.463 e. The normalized spacial score (nSPS) is 40.5. The van der Waals surface area contributed by atoms with Crippen LogP contribution in [0.2, 0.25) is 0 Å². The fraction of sp³-hybridized carbons (Fsp3) is 0.731. The number of hydrogen-bond acceptors (Lipinski definition) is 9. The maximum absolute atomic E-state index is 11.8. The van der Waals surface area contributed by atoms with Crippen LogP contribution < -0.4 is 10.1 Å². The standard InChI is InChI=1S/C26H37NO10S/c1-13(29)27-22-23(31)24(37-38(32,33)34)20(12-28)36-25(22)35-15-4-6-16-14(11-15)3-5-18-17(16)9-10-26(2)19(18)7-8-21(26)30/h4,6,11,17-25,28,30-31H,3,5,7-10,12H2,1-2H3,(H,27,29)(H,32,33,34)/t17-,18-,19+,20-,21+,22-,23-,24+,25-,26+/m1/s1. The second-order valence-corrected chi connectivity index (χ2v) is 12.5. The Balaban J connectivity index is 1.36. The smallest absolute Gasteiger partial charge is 0.397 e. The molecule has 1 amide bonds. The van der Waals surface area contributed by atoms with Crippen LogP contribution in [0.15, 0.2) is 18.2 Å². The Morgan fingerprint density at radius 1 is 1.21 bits per heavy atom. The highest BCUT2D eigenvalue weighted by Gasteiger charge is 2.54. The molecule has 3 aliphatic carbocycles. The molecule has 212 valence electrons. The van der Waals surface area contributed by atoms with Gasteiger partial charge in [-0.2, -0.15) is 8.42 Å². The number of aryl methyl sites for hydroxylation is 1. The number of nitrogens with one attached hydrogen (secondary N) is 1. The summed E-state index contributed by atoms with van der Waals surface area (Å²) < 4.78 is 48.0. The van der Waals surface area contributed by atoms with Crippen LogP contribution in [0.25, 0.3) is 0 Å². The number of rotatable bonds is 6. The van der Waals surface area contributed by atoms with Gasteiger partial charge < -0.3 is 30.1 Å². The first-order chi connectivity index (χ1) is 17.9. The summed E-state index contributed by atoms with van der Waals surface area (Å²) in [7, 11) is -4.98. The van der Waals surface area contributed by atoms with E-state index in [9.17, 15) is 28.5 Å². The topological polar surface area (TPSA) is 172 Å². The molecule has 2 saturated carbocycles. The molecule has 4 aliphatic rings. The maximum Gasteiger partial charge on any atom is 0.397 e. The molecule has 5 rings (SSSR count). The summed E-state index contributed by atoms with van der Waals surface area (Å²) in [5.41, 5.74) is 2.44. The summed E-state index contributed by atoms with van der Waals surface area (Å²) >= 11 is 0. The third-order valence-electron chi connectivity index (χ3n) is 9.36. The number of hydrogen-bond donors (Lipinski definition) is 5. The van der Waals surface area contributed by atoms with E-state index in [2.05, 4.69) is 22.5 Å². The number of fused-ring (bicyclic) bond motifs is 5. The fourth-order valence-corrected chi connectivity index (χ4v) is 8.07. The predicted molar refractivity (Wildman–Crippen MR) is 133 cm³/mol. The minimum atomic E-state index is -4.98. The molecule has 0 unspecified atom stereocenters. The van der Waals surface area contributed by atoms with Crippen molar-refractivity contribution in [2.75, 3.05) is 6.61 Å². The van der Waals surface area contributed by atoms with E-state index in [1.165, 1.54) is 12.5 Å². The molecule has 1 aromatic carbocycles. The lowest BCUT2D eigenvalue weighted by molar-refractivity contribution is -0.239. The highest BCUT2D eigenvalue weighted by Crippen LogP contribution is 2.61. The van der Waals surface area contributed by atoms with Gasteiger partial charge in [-0.05, 0) is 85.0 Å². The van der Waals surface area contributed by atoms with Crippen LogP contribution in [0.3, 0.4) is 0 Å². The Morgan fingerprint density at radius 3 is 2.66 bits per heavy atom. The van der Waals surface area contributed by atoms with Gasteiger partial charge in [0.05, 0.1) is 12.7 Å². The third-order valence-corrected chi connectivity index (χ3v) is 9.82. The number of ether oxygens (including phenoxy) is 2. The second kappa shape index (κ2) is 10.3. The number of amides is 1. The van der Waals surface area contributed by atoms with Gasteiger partial charge in [-0.3, -0.25) is 9.35 Å². The lowest BCUT2D eigenvalue weighted by Gasteiger charge is -2.50. The molecular formula is C26H37NO10S. The molecule has 0 radical (unpaired) electrons. The lowest BCUT2D eigenvalue weighted by atomic mass is 9.55. The Bertz CT molecular complexity index is 1160. The SMILES string of the molecule is CC(=O)N[C@H]1[C@H](Oc2ccc3c(c2)CC[C@@H]2[C@@H]3CC[C@]3(C)[C@@H](O)CC[C@@H]23)O[C@H](CO)[C@H](OS(=O)(=O)O)[C@@H]1O. The monoisotopic (exact) mass is 555 g/mol. The van der Waals surface area contributed by atoms with E-state index in [0.717, 1.165) is 44.1 Å². The van der Waals surface area contributed by atoms with E-state index in [1.54, 1.807) is 0 Å². The van der Waals surface area contributed by atoms with E-state index in [1.807, 2.05) is 12.1 Å². The van der Waals surface area contributed by atoms with Crippen LogP contribution in [-0.4, -0.2) is 77.6 Å². The van der Waals surface area contributed by atoms with E-state index < -0.39 is 53.6 Å². The number of aliphatic hydroxyl groups is 3. The van der Waals surface area contributed by atoms with Crippen molar-refractivity contribution in [3.63, 3.8) is 0 Å². The molecule has 0 spiro atoms. The summed E-state index contributed by atoms with van der Waals surface area (Å²) in [6.07, 6.45) is -0.323. The van der Waals surface area contributed by atoms with Gasteiger partial charge in [0.25, 0.3) is 0 Å². The quantitative estimate of drug-likeness (QED) is 0.320. The van der Waals surface area contributed by atoms with E-state index in [0.29, 0.717) is 23.5 Å². The lowest BCUT2D eigenvalue weighted by Crippen LogP contribution is -2.66. The number of carbonyl (C=O) groups is 1. The van der Waals surface area contributed by atoms with Crippen LogP contribution in [0.4, 0.5) is 0 Å². The van der Waals surface area contributed by atoms with E-state index in [4.69, 9.17) is 14.0 Å². The van der Waals surface area contributed by atoms with Gasteiger partial charge in [-0.1, -0.05) is 13.0 Å². The number of carbonyl (C=O) groups excluding carboxylic acids is 1. The average molecular weight is 556 g/mol. The van der Waals surface area contributed by atoms with Crippen molar-refractivity contribution < 1.29 is 46.7 Å². The highest BCUT2D eigenvalue weighted by molar-refractivity contribution is 7.80. The second-order valence-electron chi connectivity index (χ2n) is 11.5. The van der Waals surface area contributed by atoms with Crippen molar-refractivity contribution in [1.82, 2.24) is 5.32 Å². The zero-order valence-corrected chi connectivity index (χ0v) is 22.3. The van der Waals surface area contributed by atoms with Crippen molar-refractivity contribution in [3.8, 4) is 5.75 Å². The molecule has 12 heteroatoms. The summed E-state index contributed by atoms with van der Waals surface area (Å²) in [5.74, 6) is 1.39. The molecule has 11 nitrogen and oxygen atoms in total. The zero-order chi connectivity index (χ0) is 27.4. The van der Waals surface area contributed by atoms with Gasteiger partial charge in [0, 0.05) is 6.92 Å². The summed E-state index contributed by atoms with van der Waals surface area (Å²) in [5, 5.41) is 33.7. The summed E-state index contributed by atoms with van der Waals surface area (Å²) in [6.45, 7) is 2.73. The van der Waals surface area contributed by atoms with Crippen LogP contribution in [-0.2, 0) is 30.5 Å². The Morgan fingerprint density at radius 2 is 1.97 bits per heavy atom. The van der Waals surface area contributed by atoms with Gasteiger partial charge in [-0.25, -0.2) is 4.18 Å². The summed E-state index contributed by atoms with van der Waals surface area (Å²) in [6, 6.07) is 4.55. The first-order valence-corrected chi connectivity index (χ1v) is 14.6. The number of benzene rings is 1. The van der Waals surface area contributed by atoms with Gasteiger partial charge in [0.1, 0.15) is 30.1 Å². The van der Waals surface area contributed by atoms with Crippen molar-refractivity contribution in [2.24, 2.45) is 17.3 Å². The predicted octanol–water partition coefficient (Wildman–Crippen LogP) is 1.05. The maximum atomic E-state index is 11.8.